The summed E-state index contributed by atoms with van der Waals surface area (Å²) in [4.78, 5) is 17.1. The number of nitrogens with zero attached hydrogens (tertiary/aromatic N) is 1. The summed E-state index contributed by atoms with van der Waals surface area (Å²) in [5.41, 5.74) is 2.93. The molecule has 3 aromatic carbocycles. The number of carbonyl (C=O) groups is 1. The number of aromatic nitrogens is 1. The smallest absolute Gasteiger partial charge is 0.255 e. The van der Waals surface area contributed by atoms with Crippen molar-refractivity contribution in [3.05, 3.63) is 77.3 Å². The highest BCUT2D eigenvalue weighted by Crippen LogP contribution is 2.34. The van der Waals surface area contributed by atoms with Gasteiger partial charge < -0.3 is 10.1 Å². The molecule has 0 radical (unpaired) electrons. The molecule has 1 N–H and O–H groups in total. The van der Waals surface area contributed by atoms with Crippen LogP contribution in [-0.2, 0) is 0 Å². The minimum absolute atomic E-state index is 0.247. The summed E-state index contributed by atoms with van der Waals surface area (Å²) in [5.74, 6) is 0.378. The predicted octanol–water partition coefficient (Wildman–Crippen LogP) is 5.88. The zero-order valence-electron chi connectivity index (χ0n) is 14.4. The second kappa shape index (κ2) is 7.39. The first-order valence-corrected chi connectivity index (χ1v) is 9.44. The van der Waals surface area contributed by atoms with Crippen LogP contribution in [0.3, 0.4) is 0 Å². The zero-order chi connectivity index (χ0) is 18.8. The maximum absolute atomic E-state index is 12.5. The van der Waals surface area contributed by atoms with Crippen molar-refractivity contribution in [2.45, 2.75) is 0 Å². The van der Waals surface area contributed by atoms with E-state index >= 15 is 0 Å². The second-order valence-corrected chi connectivity index (χ2v) is 7.31. The second-order valence-electron chi connectivity index (χ2n) is 5.87. The van der Waals surface area contributed by atoms with E-state index in [1.165, 1.54) is 0 Å². The lowest BCUT2D eigenvalue weighted by Crippen LogP contribution is -2.12. The van der Waals surface area contributed by atoms with Gasteiger partial charge in [0, 0.05) is 11.1 Å². The average Bonchev–Trinajstić information content (AvgIpc) is 3.13. The van der Waals surface area contributed by atoms with Crippen molar-refractivity contribution < 1.29 is 9.53 Å². The molecule has 0 aliphatic heterocycles. The van der Waals surface area contributed by atoms with E-state index in [0.29, 0.717) is 22.0 Å². The van der Waals surface area contributed by atoms with Gasteiger partial charge in [0.1, 0.15) is 10.8 Å². The summed E-state index contributed by atoms with van der Waals surface area (Å²) in [6.45, 7) is 0. The Balaban J connectivity index is 1.58. The van der Waals surface area contributed by atoms with Crippen LogP contribution in [0.4, 0.5) is 5.69 Å². The van der Waals surface area contributed by atoms with Crippen molar-refractivity contribution in [3.63, 3.8) is 0 Å². The third-order valence-electron chi connectivity index (χ3n) is 4.09. The molecule has 0 fully saturated rings. The van der Waals surface area contributed by atoms with Crippen molar-refractivity contribution in [1.82, 2.24) is 4.98 Å². The fourth-order valence-corrected chi connectivity index (χ4v) is 3.89. The lowest BCUT2D eigenvalue weighted by molar-refractivity contribution is 0.102. The molecule has 134 valence electrons. The van der Waals surface area contributed by atoms with Crippen molar-refractivity contribution in [2.24, 2.45) is 0 Å². The van der Waals surface area contributed by atoms with Gasteiger partial charge >= 0.3 is 0 Å². The van der Waals surface area contributed by atoms with Crippen LogP contribution in [0.25, 0.3) is 20.8 Å². The molecular weight excluding hydrogens is 380 g/mol. The van der Waals surface area contributed by atoms with Gasteiger partial charge in [-0.05, 0) is 48.5 Å². The summed E-state index contributed by atoms with van der Waals surface area (Å²) in [5, 5.41) is 4.19. The molecule has 4 nitrogen and oxygen atoms in total. The van der Waals surface area contributed by atoms with E-state index in [9.17, 15) is 4.79 Å². The van der Waals surface area contributed by atoms with Crippen LogP contribution in [0.5, 0.6) is 5.75 Å². The fraction of sp³-hybridized carbons (Fsp3) is 0.0476. The van der Waals surface area contributed by atoms with Crippen molar-refractivity contribution in [3.8, 4) is 16.3 Å². The molecule has 6 heteroatoms. The van der Waals surface area contributed by atoms with Crippen LogP contribution < -0.4 is 10.1 Å². The first-order valence-electron chi connectivity index (χ1n) is 8.25. The van der Waals surface area contributed by atoms with Gasteiger partial charge in [-0.3, -0.25) is 4.79 Å². The van der Waals surface area contributed by atoms with Gasteiger partial charge in [0.25, 0.3) is 5.91 Å². The topological polar surface area (TPSA) is 51.2 Å². The van der Waals surface area contributed by atoms with Crippen molar-refractivity contribution in [1.29, 1.82) is 0 Å². The Morgan fingerprint density at radius 2 is 1.93 bits per heavy atom. The molecule has 4 aromatic rings. The third kappa shape index (κ3) is 3.65. The number of hydrogen-bond acceptors (Lipinski definition) is 4. The van der Waals surface area contributed by atoms with Crippen LogP contribution in [0.2, 0.25) is 5.02 Å². The van der Waals surface area contributed by atoms with E-state index in [2.05, 4.69) is 10.3 Å². The van der Waals surface area contributed by atoms with E-state index in [0.717, 1.165) is 20.8 Å². The number of ether oxygens (including phenoxy) is 1. The number of hydrogen-bond donors (Lipinski definition) is 1. The highest BCUT2D eigenvalue weighted by Gasteiger charge is 2.12. The van der Waals surface area contributed by atoms with Crippen LogP contribution in [-0.4, -0.2) is 18.0 Å². The van der Waals surface area contributed by atoms with Gasteiger partial charge in [0.2, 0.25) is 0 Å². The SMILES string of the molecule is COc1cccc(C(=O)Nc2ccc(-c3nc4ccccc4s3)cc2Cl)c1. The molecule has 27 heavy (non-hydrogen) atoms. The van der Waals surface area contributed by atoms with E-state index in [4.69, 9.17) is 16.3 Å². The van der Waals surface area contributed by atoms with Gasteiger partial charge in [0.05, 0.1) is 28.0 Å². The quantitative estimate of drug-likeness (QED) is 0.470. The van der Waals surface area contributed by atoms with Crippen LogP contribution in [0, 0.1) is 0 Å². The van der Waals surface area contributed by atoms with E-state index < -0.39 is 0 Å². The maximum Gasteiger partial charge on any atom is 0.255 e. The number of amides is 1. The number of methoxy groups -OCH3 is 1. The van der Waals surface area contributed by atoms with Gasteiger partial charge in [-0.1, -0.05) is 29.8 Å². The third-order valence-corrected chi connectivity index (χ3v) is 5.49. The molecule has 0 saturated carbocycles. The molecule has 1 heterocycles. The molecule has 4 rings (SSSR count). The Morgan fingerprint density at radius 1 is 1.07 bits per heavy atom. The van der Waals surface area contributed by atoms with E-state index in [1.807, 2.05) is 36.4 Å². The molecule has 0 aliphatic rings. The number of nitrogens with one attached hydrogen (secondary N) is 1. The molecule has 0 atom stereocenters. The summed E-state index contributed by atoms with van der Waals surface area (Å²) < 4.78 is 6.28. The van der Waals surface area contributed by atoms with Gasteiger partial charge in [-0.25, -0.2) is 4.98 Å². The molecule has 1 amide bonds. The minimum Gasteiger partial charge on any atom is -0.497 e. The molecular formula is C21H15ClN2O2S. The van der Waals surface area contributed by atoms with E-state index in [1.54, 1.807) is 48.8 Å². The number of para-hydroxylation sites is 1. The highest BCUT2D eigenvalue weighted by molar-refractivity contribution is 7.21. The number of halogens is 1. The summed E-state index contributed by atoms with van der Waals surface area (Å²) in [7, 11) is 1.56. The first-order chi connectivity index (χ1) is 13.1. The summed E-state index contributed by atoms with van der Waals surface area (Å²) >= 11 is 8.01. The van der Waals surface area contributed by atoms with Crippen molar-refractivity contribution in [2.75, 3.05) is 12.4 Å². The molecule has 0 bridgehead atoms. The van der Waals surface area contributed by atoms with Crippen LogP contribution >= 0.6 is 22.9 Å². The number of rotatable bonds is 4. The van der Waals surface area contributed by atoms with Gasteiger partial charge in [0.15, 0.2) is 0 Å². The largest absolute Gasteiger partial charge is 0.497 e. The Bertz CT molecular complexity index is 1110. The normalized spacial score (nSPS) is 10.7. The first kappa shape index (κ1) is 17.5. The Labute approximate surface area is 165 Å². The summed E-state index contributed by atoms with van der Waals surface area (Å²) in [6, 6.07) is 20.5. The number of carbonyl (C=O) groups excluding carboxylic acids is 1. The fourth-order valence-electron chi connectivity index (χ4n) is 2.70. The molecule has 0 spiro atoms. The number of thiazole rings is 1. The monoisotopic (exact) mass is 394 g/mol. The molecule has 1 aromatic heterocycles. The minimum atomic E-state index is -0.247. The lowest BCUT2D eigenvalue weighted by atomic mass is 10.1. The van der Waals surface area contributed by atoms with Crippen LogP contribution in [0.1, 0.15) is 10.4 Å². The Morgan fingerprint density at radius 3 is 2.70 bits per heavy atom. The van der Waals surface area contributed by atoms with Crippen LogP contribution in [0.15, 0.2) is 66.7 Å². The molecule has 0 aliphatic carbocycles. The summed E-state index contributed by atoms with van der Waals surface area (Å²) in [6.07, 6.45) is 0. The predicted molar refractivity (Wildman–Crippen MR) is 111 cm³/mol. The number of fused-ring (bicyclic) bond motifs is 1. The Hall–Kier alpha value is -2.89. The maximum atomic E-state index is 12.5. The standard InChI is InChI=1S/C21H15ClN2O2S/c1-26-15-6-4-5-13(11-15)20(25)23-17-10-9-14(12-16(17)22)21-24-18-7-2-3-8-19(18)27-21/h2-12H,1H3,(H,23,25). The molecule has 0 saturated heterocycles. The van der Waals surface area contributed by atoms with Gasteiger partial charge in [-0.15, -0.1) is 11.3 Å². The molecule has 0 unspecified atom stereocenters. The number of anilines is 1. The van der Waals surface area contributed by atoms with Crippen molar-refractivity contribution >= 4 is 44.7 Å². The number of benzene rings is 3. The average molecular weight is 395 g/mol. The highest BCUT2D eigenvalue weighted by atomic mass is 35.5. The van der Waals surface area contributed by atoms with Gasteiger partial charge in [-0.2, -0.15) is 0 Å². The Kier molecular flexibility index (Phi) is 4.79. The zero-order valence-corrected chi connectivity index (χ0v) is 16.0. The lowest BCUT2D eigenvalue weighted by Gasteiger charge is -2.09. The van der Waals surface area contributed by atoms with E-state index in [-0.39, 0.29) is 5.91 Å².